The van der Waals surface area contributed by atoms with Crippen molar-refractivity contribution in [1.82, 2.24) is 29.5 Å². The Bertz CT molecular complexity index is 833. The fraction of sp³-hybridized carbons (Fsp3) is 0.438. The van der Waals surface area contributed by atoms with Gasteiger partial charge in [-0.1, -0.05) is 0 Å². The first-order valence-corrected chi connectivity index (χ1v) is 8.20. The van der Waals surface area contributed by atoms with E-state index in [1.165, 1.54) is 0 Å². The number of aromatic nitrogens is 6. The molecule has 0 unspecified atom stereocenters. The summed E-state index contributed by atoms with van der Waals surface area (Å²) >= 11 is 0. The monoisotopic (exact) mass is 324 g/mol. The van der Waals surface area contributed by atoms with Crippen LogP contribution >= 0.6 is 0 Å². The normalized spacial score (nSPS) is 15.2. The van der Waals surface area contributed by atoms with E-state index >= 15 is 0 Å². The SMILES string of the molecule is CCn1cnc2c(N3CCN(c4ncc(C)cn4)CC3)ncnc21. The quantitative estimate of drug-likeness (QED) is 0.718. The molecule has 8 heteroatoms. The number of anilines is 2. The van der Waals surface area contributed by atoms with Gasteiger partial charge in [-0.05, 0) is 19.4 Å². The Morgan fingerprint density at radius 2 is 1.62 bits per heavy atom. The van der Waals surface area contributed by atoms with E-state index in [1.54, 1.807) is 6.33 Å². The molecule has 1 aliphatic heterocycles. The first-order valence-electron chi connectivity index (χ1n) is 8.20. The first-order chi connectivity index (χ1) is 11.8. The lowest BCUT2D eigenvalue weighted by molar-refractivity contribution is 0.635. The van der Waals surface area contributed by atoms with Crippen molar-refractivity contribution in [2.45, 2.75) is 20.4 Å². The molecule has 3 aromatic heterocycles. The second-order valence-corrected chi connectivity index (χ2v) is 5.93. The van der Waals surface area contributed by atoms with Gasteiger partial charge >= 0.3 is 0 Å². The molecular formula is C16H20N8. The Hall–Kier alpha value is -2.77. The zero-order valence-corrected chi connectivity index (χ0v) is 13.9. The van der Waals surface area contributed by atoms with E-state index < -0.39 is 0 Å². The maximum Gasteiger partial charge on any atom is 0.225 e. The molecule has 4 rings (SSSR count). The summed E-state index contributed by atoms with van der Waals surface area (Å²) in [5, 5.41) is 0. The molecule has 0 amide bonds. The van der Waals surface area contributed by atoms with Gasteiger partial charge in [0.15, 0.2) is 17.0 Å². The molecule has 1 aliphatic rings. The molecule has 0 aromatic carbocycles. The van der Waals surface area contributed by atoms with Crippen LogP contribution in [-0.4, -0.2) is 55.7 Å². The lowest BCUT2D eigenvalue weighted by Crippen LogP contribution is -2.47. The van der Waals surface area contributed by atoms with E-state index in [9.17, 15) is 0 Å². The van der Waals surface area contributed by atoms with Crippen LogP contribution < -0.4 is 9.80 Å². The zero-order valence-electron chi connectivity index (χ0n) is 13.9. The lowest BCUT2D eigenvalue weighted by atomic mass is 10.3. The molecule has 3 aromatic rings. The van der Waals surface area contributed by atoms with E-state index in [-0.39, 0.29) is 0 Å². The van der Waals surface area contributed by atoms with E-state index in [0.29, 0.717) is 0 Å². The predicted octanol–water partition coefficient (Wildman–Crippen LogP) is 1.27. The third-order valence-corrected chi connectivity index (χ3v) is 4.35. The molecule has 0 saturated carbocycles. The van der Waals surface area contributed by atoms with Gasteiger partial charge in [0, 0.05) is 45.1 Å². The van der Waals surface area contributed by atoms with Gasteiger partial charge in [-0.25, -0.2) is 24.9 Å². The standard InChI is InChI=1S/C16H20N8/c1-3-22-11-21-13-14(22)19-10-20-15(13)23-4-6-24(7-5-23)16-17-8-12(2)9-18-16/h8-11H,3-7H2,1-2H3. The largest absolute Gasteiger partial charge is 0.351 e. The van der Waals surface area contributed by atoms with E-state index in [1.807, 2.05) is 30.2 Å². The summed E-state index contributed by atoms with van der Waals surface area (Å²) in [6, 6.07) is 0. The number of nitrogens with zero attached hydrogens (tertiary/aromatic N) is 8. The molecule has 0 N–H and O–H groups in total. The summed E-state index contributed by atoms with van der Waals surface area (Å²) < 4.78 is 2.04. The Kier molecular flexibility index (Phi) is 3.72. The molecular weight excluding hydrogens is 304 g/mol. The van der Waals surface area contributed by atoms with Gasteiger partial charge in [-0.15, -0.1) is 0 Å². The molecule has 0 aliphatic carbocycles. The summed E-state index contributed by atoms with van der Waals surface area (Å²) in [7, 11) is 0. The number of fused-ring (bicyclic) bond motifs is 1. The highest BCUT2D eigenvalue weighted by molar-refractivity contribution is 5.83. The summed E-state index contributed by atoms with van der Waals surface area (Å²) in [5.41, 5.74) is 2.85. The van der Waals surface area contributed by atoms with Gasteiger partial charge in [0.25, 0.3) is 0 Å². The van der Waals surface area contributed by atoms with E-state index in [0.717, 1.165) is 61.2 Å². The van der Waals surface area contributed by atoms with Crippen LogP contribution in [-0.2, 0) is 6.54 Å². The molecule has 0 spiro atoms. The van der Waals surface area contributed by atoms with E-state index in [2.05, 4.69) is 41.6 Å². The molecule has 8 nitrogen and oxygen atoms in total. The highest BCUT2D eigenvalue weighted by Gasteiger charge is 2.22. The van der Waals surface area contributed by atoms with Crippen LogP contribution in [0.15, 0.2) is 25.0 Å². The average Bonchev–Trinajstić information content (AvgIpc) is 3.06. The lowest BCUT2D eigenvalue weighted by Gasteiger charge is -2.35. The van der Waals surface area contributed by atoms with Crippen molar-refractivity contribution >= 4 is 22.9 Å². The Morgan fingerprint density at radius 1 is 0.917 bits per heavy atom. The Morgan fingerprint density at radius 3 is 2.33 bits per heavy atom. The van der Waals surface area contributed by atoms with Crippen LogP contribution in [0.2, 0.25) is 0 Å². The Balaban J connectivity index is 1.54. The van der Waals surface area contributed by atoms with Gasteiger partial charge in [-0.3, -0.25) is 0 Å². The van der Waals surface area contributed by atoms with Crippen LogP contribution in [0.25, 0.3) is 11.2 Å². The zero-order chi connectivity index (χ0) is 16.5. The summed E-state index contributed by atoms with van der Waals surface area (Å²) in [5.74, 6) is 1.71. The van der Waals surface area contributed by atoms with Crippen LogP contribution in [0, 0.1) is 6.92 Å². The fourth-order valence-corrected chi connectivity index (χ4v) is 3.00. The van der Waals surface area contributed by atoms with Gasteiger partial charge in [0.05, 0.1) is 6.33 Å². The van der Waals surface area contributed by atoms with E-state index in [4.69, 9.17) is 0 Å². The number of aryl methyl sites for hydroxylation is 2. The number of hydrogen-bond donors (Lipinski definition) is 0. The van der Waals surface area contributed by atoms with Crippen molar-refractivity contribution < 1.29 is 0 Å². The number of hydrogen-bond acceptors (Lipinski definition) is 7. The summed E-state index contributed by atoms with van der Waals surface area (Å²) in [6.07, 6.45) is 7.18. The first kappa shape index (κ1) is 14.8. The van der Waals surface area contributed by atoms with Crippen molar-refractivity contribution in [3.05, 3.63) is 30.6 Å². The van der Waals surface area contributed by atoms with Crippen LogP contribution in [0.4, 0.5) is 11.8 Å². The van der Waals surface area contributed by atoms with Gasteiger partial charge in [-0.2, -0.15) is 0 Å². The van der Waals surface area contributed by atoms with Crippen molar-refractivity contribution in [2.75, 3.05) is 36.0 Å². The molecule has 0 bridgehead atoms. The minimum absolute atomic E-state index is 0.795. The van der Waals surface area contributed by atoms with Crippen LogP contribution in [0.3, 0.4) is 0 Å². The second kappa shape index (κ2) is 6.03. The highest BCUT2D eigenvalue weighted by atomic mass is 15.3. The summed E-state index contributed by atoms with van der Waals surface area (Å²) in [6.45, 7) is 8.39. The van der Waals surface area contributed by atoms with Crippen molar-refractivity contribution in [1.29, 1.82) is 0 Å². The molecule has 1 saturated heterocycles. The van der Waals surface area contributed by atoms with Crippen molar-refractivity contribution in [3.8, 4) is 0 Å². The topological polar surface area (TPSA) is 75.9 Å². The smallest absolute Gasteiger partial charge is 0.225 e. The Labute approximate surface area is 140 Å². The second-order valence-electron chi connectivity index (χ2n) is 5.93. The van der Waals surface area contributed by atoms with Crippen molar-refractivity contribution in [2.24, 2.45) is 0 Å². The van der Waals surface area contributed by atoms with Gasteiger partial charge in [0.1, 0.15) is 6.33 Å². The third kappa shape index (κ3) is 2.53. The molecule has 0 atom stereocenters. The maximum absolute atomic E-state index is 4.51. The maximum atomic E-state index is 4.51. The minimum Gasteiger partial charge on any atom is -0.351 e. The molecule has 4 heterocycles. The van der Waals surface area contributed by atoms with Crippen molar-refractivity contribution in [3.63, 3.8) is 0 Å². The van der Waals surface area contributed by atoms with Gasteiger partial charge in [0.2, 0.25) is 5.95 Å². The number of rotatable bonds is 3. The number of piperazine rings is 1. The molecule has 0 radical (unpaired) electrons. The number of imidazole rings is 1. The third-order valence-electron chi connectivity index (χ3n) is 4.35. The molecule has 1 fully saturated rings. The minimum atomic E-state index is 0.795. The van der Waals surface area contributed by atoms with Crippen LogP contribution in [0.1, 0.15) is 12.5 Å². The van der Waals surface area contributed by atoms with Gasteiger partial charge < -0.3 is 14.4 Å². The molecule has 24 heavy (non-hydrogen) atoms. The molecule has 124 valence electrons. The predicted molar refractivity (Wildman–Crippen MR) is 92.2 cm³/mol. The summed E-state index contributed by atoms with van der Waals surface area (Å²) in [4.78, 5) is 26.7. The fourth-order valence-electron chi connectivity index (χ4n) is 3.00. The van der Waals surface area contributed by atoms with Crippen LogP contribution in [0.5, 0.6) is 0 Å². The average molecular weight is 324 g/mol. The highest BCUT2D eigenvalue weighted by Crippen LogP contribution is 2.23.